The fourth-order valence-corrected chi connectivity index (χ4v) is 0.821. The van der Waals surface area contributed by atoms with Gasteiger partial charge in [-0.1, -0.05) is 0 Å². The van der Waals surface area contributed by atoms with E-state index in [4.69, 9.17) is 4.74 Å². The molecule has 1 amide bonds. The van der Waals surface area contributed by atoms with E-state index in [0.29, 0.717) is 0 Å². The van der Waals surface area contributed by atoms with Crippen LogP contribution in [0.5, 0.6) is 0 Å². The summed E-state index contributed by atoms with van der Waals surface area (Å²) in [5, 5.41) is 0. The molecular weight excluding hydrogens is 198 g/mol. The molecule has 0 fully saturated rings. The molecule has 0 aliphatic rings. The fraction of sp³-hybridized carbons (Fsp3) is 0.800. The molecule has 0 aromatic carbocycles. The van der Waals surface area contributed by atoms with Crippen LogP contribution in [0.15, 0.2) is 0 Å². The van der Waals surface area contributed by atoms with E-state index in [1.807, 2.05) is 0 Å². The SMILES string of the molecule is COC(=O)[C@H](C)N(C)C(=O)OC(C)(C)C. The lowest BCUT2D eigenvalue weighted by Crippen LogP contribution is -2.43. The second-order valence-electron chi connectivity index (χ2n) is 4.29. The van der Waals surface area contributed by atoms with Gasteiger partial charge in [0.2, 0.25) is 0 Å². The molecule has 0 spiro atoms. The molecule has 0 bridgehead atoms. The maximum atomic E-state index is 11.5. The third kappa shape index (κ3) is 4.67. The zero-order chi connectivity index (χ0) is 12.2. The van der Waals surface area contributed by atoms with Gasteiger partial charge in [-0.05, 0) is 27.7 Å². The summed E-state index contributed by atoms with van der Waals surface area (Å²) in [7, 11) is 2.78. The van der Waals surface area contributed by atoms with Crippen molar-refractivity contribution in [3.63, 3.8) is 0 Å². The molecule has 0 aromatic rings. The number of rotatable bonds is 2. The highest BCUT2D eigenvalue weighted by atomic mass is 16.6. The number of ether oxygens (including phenoxy) is 2. The second-order valence-corrected chi connectivity index (χ2v) is 4.29. The maximum Gasteiger partial charge on any atom is 0.410 e. The number of esters is 1. The van der Waals surface area contributed by atoms with Gasteiger partial charge >= 0.3 is 12.1 Å². The summed E-state index contributed by atoms with van der Waals surface area (Å²) in [6.45, 7) is 6.88. The van der Waals surface area contributed by atoms with Crippen molar-refractivity contribution in [3.8, 4) is 0 Å². The molecule has 0 saturated carbocycles. The van der Waals surface area contributed by atoms with Crippen molar-refractivity contribution >= 4 is 12.1 Å². The molecular formula is C10H19NO4. The monoisotopic (exact) mass is 217 g/mol. The molecule has 0 aliphatic heterocycles. The number of nitrogens with zero attached hydrogens (tertiary/aromatic N) is 1. The Morgan fingerprint density at radius 2 is 1.73 bits per heavy atom. The van der Waals surface area contributed by atoms with Crippen LogP contribution < -0.4 is 0 Å². The third-order valence-corrected chi connectivity index (χ3v) is 1.80. The molecule has 0 N–H and O–H groups in total. The van der Waals surface area contributed by atoms with Gasteiger partial charge in [0, 0.05) is 7.05 Å². The first-order chi connectivity index (χ1) is 6.69. The normalized spacial score (nSPS) is 12.9. The fourth-order valence-electron chi connectivity index (χ4n) is 0.821. The number of carbonyl (C=O) groups is 2. The highest BCUT2D eigenvalue weighted by Crippen LogP contribution is 2.10. The minimum Gasteiger partial charge on any atom is -0.467 e. The van der Waals surface area contributed by atoms with Gasteiger partial charge in [-0.15, -0.1) is 0 Å². The maximum absolute atomic E-state index is 11.5. The molecule has 0 unspecified atom stereocenters. The molecule has 88 valence electrons. The van der Waals surface area contributed by atoms with E-state index >= 15 is 0 Å². The summed E-state index contributed by atoms with van der Waals surface area (Å²) < 4.78 is 9.62. The average Bonchev–Trinajstić information content (AvgIpc) is 2.11. The molecule has 0 saturated heterocycles. The highest BCUT2D eigenvalue weighted by Gasteiger charge is 2.27. The first-order valence-corrected chi connectivity index (χ1v) is 4.72. The predicted molar refractivity (Wildman–Crippen MR) is 55.5 cm³/mol. The third-order valence-electron chi connectivity index (χ3n) is 1.80. The van der Waals surface area contributed by atoms with Gasteiger partial charge in [0.05, 0.1) is 7.11 Å². The van der Waals surface area contributed by atoms with Crippen LogP contribution in [-0.2, 0) is 14.3 Å². The van der Waals surface area contributed by atoms with Gasteiger partial charge in [0.25, 0.3) is 0 Å². The lowest BCUT2D eigenvalue weighted by Gasteiger charge is -2.27. The summed E-state index contributed by atoms with van der Waals surface area (Å²) in [5.41, 5.74) is -0.568. The van der Waals surface area contributed by atoms with Crippen LogP contribution >= 0.6 is 0 Å². The average molecular weight is 217 g/mol. The van der Waals surface area contributed by atoms with Crippen LogP contribution in [0.1, 0.15) is 27.7 Å². The van der Waals surface area contributed by atoms with Gasteiger partial charge in [-0.3, -0.25) is 4.90 Å². The minimum absolute atomic E-state index is 0.469. The Balaban J connectivity index is 4.39. The molecule has 5 nitrogen and oxygen atoms in total. The first kappa shape index (κ1) is 13.7. The van der Waals surface area contributed by atoms with E-state index in [0.717, 1.165) is 0 Å². The van der Waals surface area contributed by atoms with E-state index in [1.165, 1.54) is 19.1 Å². The Bertz CT molecular complexity index is 244. The summed E-state index contributed by atoms with van der Waals surface area (Å²) in [6.07, 6.45) is -0.541. The largest absolute Gasteiger partial charge is 0.467 e. The quantitative estimate of drug-likeness (QED) is 0.656. The summed E-state index contributed by atoms with van der Waals surface area (Å²) in [5.74, 6) is -0.469. The highest BCUT2D eigenvalue weighted by molar-refractivity contribution is 5.80. The van der Waals surface area contributed by atoms with Crippen molar-refractivity contribution in [1.29, 1.82) is 0 Å². The van der Waals surface area contributed by atoms with E-state index < -0.39 is 23.7 Å². The van der Waals surface area contributed by atoms with E-state index in [1.54, 1.807) is 27.7 Å². The number of hydrogen-bond donors (Lipinski definition) is 0. The Kier molecular flexibility index (Phi) is 4.58. The number of carbonyl (C=O) groups excluding carboxylic acids is 2. The molecule has 0 aromatic heterocycles. The molecule has 0 aliphatic carbocycles. The number of likely N-dealkylation sites (N-methyl/N-ethyl adjacent to an activating group) is 1. The van der Waals surface area contributed by atoms with Crippen molar-refractivity contribution in [3.05, 3.63) is 0 Å². The summed E-state index contributed by atoms with van der Waals surface area (Å²) >= 11 is 0. The predicted octanol–water partition coefficient (Wildman–Crippen LogP) is 1.41. The van der Waals surface area contributed by atoms with Crippen molar-refractivity contribution < 1.29 is 19.1 Å². The van der Waals surface area contributed by atoms with Gasteiger partial charge in [0.15, 0.2) is 0 Å². The number of methoxy groups -OCH3 is 1. The first-order valence-electron chi connectivity index (χ1n) is 4.72. The van der Waals surface area contributed by atoms with E-state index in [2.05, 4.69) is 4.74 Å². The van der Waals surface area contributed by atoms with Crippen molar-refractivity contribution in [1.82, 2.24) is 4.90 Å². The van der Waals surface area contributed by atoms with Gasteiger partial charge in [-0.2, -0.15) is 0 Å². The van der Waals surface area contributed by atoms with Crippen molar-refractivity contribution in [2.45, 2.75) is 39.3 Å². The standard InChI is InChI=1S/C10H19NO4/c1-7(8(12)14-6)11(5)9(13)15-10(2,3)4/h7H,1-6H3/t7-/m0/s1. The van der Waals surface area contributed by atoms with Gasteiger partial charge in [-0.25, -0.2) is 9.59 Å². The molecule has 0 rings (SSSR count). The van der Waals surface area contributed by atoms with Crippen molar-refractivity contribution in [2.24, 2.45) is 0 Å². The molecule has 0 radical (unpaired) electrons. The number of hydrogen-bond acceptors (Lipinski definition) is 4. The molecule has 5 heteroatoms. The van der Waals surface area contributed by atoms with Crippen LogP contribution in [0.4, 0.5) is 4.79 Å². The molecule has 1 atom stereocenters. The Morgan fingerprint density at radius 3 is 2.07 bits per heavy atom. The van der Waals surface area contributed by atoms with Gasteiger partial charge < -0.3 is 9.47 Å². The number of amides is 1. The molecule has 15 heavy (non-hydrogen) atoms. The van der Waals surface area contributed by atoms with Crippen LogP contribution in [0.2, 0.25) is 0 Å². The van der Waals surface area contributed by atoms with E-state index in [9.17, 15) is 9.59 Å². The van der Waals surface area contributed by atoms with Crippen LogP contribution in [0, 0.1) is 0 Å². The lowest BCUT2D eigenvalue weighted by atomic mass is 10.2. The second kappa shape index (κ2) is 5.00. The van der Waals surface area contributed by atoms with Crippen molar-refractivity contribution in [2.75, 3.05) is 14.2 Å². The van der Waals surface area contributed by atoms with Crippen LogP contribution in [0.3, 0.4) is 0 Å². The van der Waals surface area contributed by atoms with Crippen LogP contribution in [-0.4, -0.2) is 42.8 Å². The zero-order valence-corrected chi connectivity index (χ0v) is 10.2. The summed E-state index contributed by atoms with van der Waals surface area (Å²) in [6, 6.07) is -0.648. The van der Waals surface area contributed by atoms with Crippen LogP contribution in [0.25, 0.3) is 0 Å². The Hall–Kier alpha value is -1.26. The van der Waals surface area contributed by atoms with Gasteiger partial charge in [0.1, 0.15) is 11.6 Å². The lowest BCUT2D eigenvalue weighted by molar-refractivity contribution is -0.145. The Labute approximate surface area is 90.3 Å². The van der Waals surface area contributed by atoms with E-state index in [-0.39, 0.29) is 0 Å². The zero-order valence-electron chi connectivity index (χ0n) is 10.2. The smallest absolute Gasteiger partial charge is 0.410 e. The minimum atomic E-state index is -0.648. The Morgan fingerprint density at radius 1 is 1.27 bits per heavy atom. The summed E-state index contributed by atoms with van der Waals surface area (Å²) in [4.78, 5) is 23.9. The molecule has 0 heterocycles. The topological polar surface area (TPSA) is 55.8 Å².